The van der Waals surface area contributed by atoms with E-state index in [1.807, 2.05) is 24.3 Å². The van der Waals surface area contributed by atoms with E-state index in [0.717, 1.165) is 11.3 Å². The molecule has 1 unspecified atom stereocenters. The summed E-state index contributed by atoms with van der Waals surface area (Å²) in [6.45, 7) is 1.77. The van der Waals surface area contributed by atoms with Crippen molar-refractivity contribution < 1.29 is 13.2 Å². The SMILES string of the molecule is COc1ccccc1C1CNCCN1S(C)(=O)=O. The van der Waals surface area contributed by atoms with Gasteiger partial charge in [-0.3, -0.25) is 0 Å². The minimum absolute atomic E-state index is 0.204. The summed E-state index contributed by atoms with van der Waals surface area (Å²) < 4.78 is 30.5. The molecular formula is C12H18N2O3S. The van der Waals surface area contributed by atoms with E-state index in [9.17, 15) is 8.42 Å². The average molecular weight is 270 g/mol. The van der Waals surface area contributed by atoms with Gasteiger partial charge in [-0.15, -0.1) is 0 Å². The van der Waals surface area contributed by atoms with Gasteiger partial charge in [0.2, 0.25) is 10.0 Å². The van der Waals surface area contributed by atoms with Crippen molar-refractivity contribution in [2.45, 2.75) is 6.04 Å². The van der Waals surface area contributed by atoms with Crippen molar-refractivity contribution in [2.75, 3.05) is 33.0 Å². The fourth-order valence-electron chi connectivity index (χ4n) is 2.29. The average Bonchev–Trinajstić information content (AvgIpc) is 2.37. The molecule has 18 heavy (non-hydrogen) atoms. The third-order valence-electron chi connectivity index (χ3n) is 3.12. The summed E-state index contributed by atoms with van der Waals surface area (Å²) in [6.07, 6.45) is 1.25. The molecule has 0 aliphatic carbocycles. The number of methoxy groups -OCH3 is 1. The van der Waals surface area contributed by atoms with Crippen molar-refractivity contribution >= 4 is 10.0 Å². The van der Waals surface area contributed by atoms with Crippen LogP contribution >= 0.6 is 0 Å². The van der Waals surface area contributed by atoms with Crippen molar-refractivity contribution in [1.29, 1.82) is 0 Å². The molecule has 1 N–H and O–H groups in total. The molecule has 1 heterocycles. The lowest BCUT2D eigenvalue weighted by Gasteiger charge is -2.35. The topological polar surface area (TPSA) is 58.6 Å². The lowest BCUT2D eigenvalue weighted by molar-refractivity contribution is 0.266. The van der Waals surface area contributed by atoms with Gasteiger partial charge in [-0.2, -0.15) is 4.31 Å². The van der Waals surface area contributed by atoms with E-state index in [-0.39, 0.29) is 6.04 Å². The molecule has 0 amide bonds. The van der Waals surface area contributed by atoms with Gasteiger partial charge in [0.05, 0.1) is 19.4 Å². The molecule has 1 saturated heterocycles. The summed E-state index contributed by atoms with van der Waals surface area (Å²) in [6, 6.07) is 7.33. The Kier molecular flexibility index (Phi) is 3.89. The molecular weight excluding hydrogens is 252 g/mol. The Hall–Kier alpha value is -1.11. The van der Waals surface area contributed by atoms with Gasteiger partial charge in [-0.1, -0.05) is 18.2 Å². The normalized spacial score (nSPS) is 21.8. The second-order valence-electron chi connectivity index (χ2n) is 4.34. The number of nitrogens with zero attached hydrogens (tertiary/aromatic N) is 1. The smallest absolute Gasteiger partial charge is 0.211 e. The first kappa shape index (κ1) is 13.3. The molecule has 0 saturated carbocycles. The molecule has 5 nitrogen and oxygen atoms in total. The second-order valence-corrected chi connectivity index (χ2v) is 6.27. The van der Waals surface area contributed by atoms with Gasteiger partial charge in [-0.05, 0) is 6.07 Å². The number of benzene rings is 1. The van der Waals surface area contributed by atoms with E-state index >= 15 is 0 Å². The largest absolute Gasteiger partial charge is 0.496 e. The molecule has 1 fully saturated rings. The van der Waals surface area contributed by atoms with Crippen molar-refractivity contribution in [1.82, 2.24) is 9.62 Å². The monoisotopic (exact) mass is 270 g/mol. The number of hydrogen-bond acceptors (Lipinski definition) is 4. The molecule has 1 aromatic carbocycles. The van der Waals surface area contributed by atoms with Gasteiger partial charge in [0.1, 0.15) is 5.75 Å². The standard InChI is InChI=1S/C12H18N2O3S/c1-17-12-6-4-3-5-10(12)11-9-13-7-8-14(11)18(2,15)16/h3-6,11,13H,7-9H2,1-2H3. The number of rotatable bonds is 3. The van der Waals surface area contributed by atoms with Crippen molar-refractivity contribution in [3.8, 4) is 5.75 Å². The highest BCUT2D eigenvalue weighted by Crippen LogP contribution is 2.31. The maximum atomic E-state index is 11.8. The maximum Gasteiger partial charge on any atom is 0.211 e. The lowest BCUT2D eigenvalue weighted by Crippen LogP contribution is -2.48. The fourth-order valence-corrected chi connectivity index (χ4v) is 3.36. The number of para-hydroxylation sites is 1. The first-order valence-electron chi connectivity index (χ1n) is 5.84. The Morgan fingerprint density at radius 2 is 2.11 bits per heavy atom. The minimum Gasteiger partial charge on any atom is -0.496 e. The highest BCUT2D eigenvalue weighted by molar-refractivity contribution is 7.88. The van der Waals surface area contributed by atoms with Crippen molar-refractivity contribution in [3.63, 3.8) is 0 Å². The van der Waals surface area contributed by atoms with Gasteiger partial charge in [0.15, 0.2) is 0 Å². The fraction of sp³-hybridized carbons (Fsp3) is 0.500. The van der Waals surface area contributed by atoms with E-state index in [2.05, 4.69) is 5.32 Å². The van der Waals surface area contributed by atoms with Crippen LogP contribution in [0.25, 0.3) is 0 Å². The molecule has 0 radical (unpaired) electrons. The van der Waals surface area contributed by atoms with Crippen LogP contribution in [0, 0.1) is 0 Å². The molecule has 2 rings (SSSR count). The van der Waals surface area contributed by atoms with Crippen LogP contribution in [-0.4, -0.2) is 45.7 Å². The van der Waals surface area contributed by atoms with Crippen LogP contribution < -0.4 is 10.1 Å². The van der Waals surface area contributed by atoms with Crippen molar-refractivity contribution in [2.24, 2.45) is 0 Å². The summed E-state index contributed by atoms with van der Waals surface area (Å²) in [5, 5.41) is 3.23. The summed E-state index contributed by atoms with van der Waals surface area (Å²) in [5.41, 5.74) is 0.901. The van der Waals surface area contributed by atoms with Crippen molar-refractivity contribution in [3.05, 3.63) is 29.8 Å². The van der Waals surface area contributed by atoms with Crippen LogP contribution in [0.1, 0.15) is 11.6 Å². The zero-order valence-corrected chi connectivity index (χ0v) is 11.4. The second kappa shape index (κ2) is 5.26. The van der Waals surface area contributed by atoms with E-state index < -0.39 is 10.0 Å². The number of nitrogens with one attached hydrogen (secondary N) is 1. The van der Waals surface area contributed by atoms with Gasteiger partial charge in [0.25, 0.3) is 0 Å². The third-order valence-corrected chi connectivity index (χ3v) is 4.41. The third kappa shape index (κ3) is 2.66. The number of sulfonamides is 1. The quantitative estimate of drug-likeness (QED) is 0.874. The van der Waals surface area contributed by atoms with Crippen LogP contribution in [0.2, 0.25) is 0 Å². The van der Waals surface area contributed by atoms with E-state index in [1.54, 1.807) is 7.11 Å². The Morgan fingerprint density at radius 3 is 2.78 bits per heavy atom. The highest BCUT2D eigenvalue weighted by Gasteiger charge is 2.31. The van der Waals surface area contributed by atoms with Crippen LogP contribution in [-0.2, 0) is 10.0 Å². The minimum atomic E-state index is -3.21. The van der Waals surface area contributed by atoms with E-state index in [4.69, 9.17) is 4.74 Å². The van der Waals surface area contributed by atoms with Gasteiger partial charge in [-0.25, -0.2) is 8.42 Å². The van der Waals surface area contributed by atoms with Crippen LogP contribution in [0.15, 0.2) is 24.3 Å². The molecule has 1 aromatic rings. The van der Waals surface area contributed by atoms with E-state index in [1.165, 1.54) is 10.6 Å². The first-order valence-corrected chi connectivity index (χ1v) is 7.69. The highest BCUT2D eigenvalue weighted by atomic mass is 32.2. The summed E-state index contributed by atoms with van der Waals surface area (Å²) in [4.78, 5) is 0. The molecule has 6 heteroatoms. The molecule has 0 bridgehead atoms. The van der Waals surface area contributed by atoms with Gasteiger partial charge >= 0.3 is 0 Å². The zero-order chi connectivity index (χ0) is 13.2. The Labute approximate surface area is 108 Å². The summed E-state index contributed by atoms with van der Waals surface area (Å²) in [5.74, 6) is 0.722. The van der Waals surface area contributed by atoms with Gasteiger partial charge < -0.3 is 10.1 Å². The molecule has 1 aliphatic rings. The maximum absolute atomic E-state index is 11.8. The predicted molar refractivity (Wildman–Crippen MR) is 70.2 cm³/mol. The number of ether oxygens (including phenoxy) is 1. The molecule has 100 valence electrons. The van der Waals surface area contributed by atoms with E-state index in [0.29, 0.717) is 19.6 Å². The molecule has 0 aromatic heterocycles. The lowest BCUT2D eigenvalue weighted by atomic mass is 10.0. The summed E-state index contributed by atoms with van der Waals surface area (Å²) >= 11 is 0. The first-order chi connectivity index (χ1) is 8.54. The molecule has 1 atom stereocenters. The van der Waals surface area contributed by atoms with Crippen LogP contribution in [0.4, 0.5) is 0 Å². The molecule has 0 spiro atoms. The van der Waals surface area contributed by atoms with Crippen LogP contribution in [0.5, 0.6) is 5.75 Å². The Bertz CT molecular complexity index is 516. The van der Waals surface area contributed by atoms with Crippen LogP contribution in [0.3, 0.4) is 0 Å². The summed E-state index contributed by atoms with van der Waals surface area (Å²) in [7, 11) is -1.61. The number of piperazine rings is 1. The zero-order valence-electron chi connectivity index (χ0n) is 10.6. The van der Waals surface area contributed by atoms with Gasteiger partial charge in [0, 0.05) is 25.2 Å². The predicted octanol–water partition coefficient (Wildman–Crippen LogP) is 0.601. The Morgan fingerprint density at radius 1 is 1.39 bits per heavy atom. The number of hydrogen-bond donors (Lipinski definition) is 1. The molecule has 1 aliphatic heterocycles. The Balaban J connectivity index is 2.40.